The Kier molecular flexibility index (Phi) is 3.98. The number of aliphatic imine (C=N–C) groups is 1. The molecule has 1 fully saturated rings. The third-order valence-electron chi connectivity index (χ3n) is 6.22. The lowest BCUT2D eigenvalue weighted by Gasteiger charge is -2.34. The molecular formula is C24H19FN4O3. The number of rotatable bonds is 2. The van der Waals surface area contributed by atoms with E-state index in [1.165, 1.54) is 6.07 Å². The van der Waals surface area contributed by atoms with E-state index in [9.17, 15) is 4.79 Å². The molecule has 1 aromatic heterocycles. The molecule has 3 aliphatic heterocycles. The Bertz CT molecular complexity index is 1290. The van der Waals surface area contributed by atoms with Gasteiger partial charge in [0.25, 0.3) is 6.02 Å². The number of amidine groups is 1. The van der Waals surface area contributed by atoms with Crippen molar-refractivity contribution in [2.24, 2.45) is 10.7 Å². The van der Waals surface area contributed by atoms with E-state index in [2.05, 4.69) is 9.98 Å². The Morgan fingerprint density at radius 1 is 1.12 bits per heavy atom. The van der Waals surface area contributed by atoms with Crippen molar-refractivity contribution < 1.29 is 18.7 Å². The van der Waals surface area contributed by atoms with Gasteiger partial charge in [-0.2, -0.15) is 0 Å². The Labute approximate surface area is 183 Å². The van der Waals surface area contributed by atoms with Crippen LogP contribution < -0.4 is 15.4 Å². The van der Waals surface area contributed by atoms with Crippen molar-refractivity contribution >= 4 is 17.6 Å². The zero-order valence-corrected chi connectivity index (χ0v) is 17.0. The van der Waals surface area contributed by atoms with E-state index in [1.807, 2.05) is 24.3 Å². The summed E-state index contributed by atoms with van der Waals surface area (Å²) in [5.41, 5.74) is 8.40. The number of anilines is 1. The van der Waals surface area contributed by atoms with Gasteiger partial charge in [0.15, 0.2) is 17.1 Å². The zero-order chi connectivity index (χ0) is 21.9. The smallest absolute Gasteiger partial charge is 0.283 e. The maximum Gasteiger partial charge on any atom is 0.283 e. The number of fused-ring (bicyclic) bond motifs is 4. The van der Waals surface area contributed by atoms with Crippen molar-refractivity contribution in [3.8, 4) is 22.6 Å². The van der Waals surface area contributed by atoms with E-state index in [4.69, 9.17) is 15.2 Å². The summed E-state index contributed by atoms with van der Waals surface area (Å²) in [5.74, 6) is -0.0283. The van der Waals surface area contributed by atoms with Gasteiger partial charge in [0, 0.05) is 53.8 Å². The molecule has 0 bridgehead atoms. The summed E-state index contributed by atoms with van der Waals surface area (Å²) in [5, 5.41) is 0. The molecule has 2 N–H and O–H groups in total. The highest BCUT2D eigenvalue weighted by atomic mass is 19.1. The molecule has 0 aliphatic carbocycles. The number of halogens is 1. The van der Waals surface area contributed by atoms with Gasteiger partial charge in [-0.25, -0.2) is 9.38 Å². The fourth-order valence-corrected chi connectivity index (χ4v) is 4.68. The van der Waals surface area contributed by atoms with Gasteiger partial charge < -0.3 is 20.1 Å². The number of nitrogens with two attached hydrogens (primary N) is 1. The maximum atomic E-state index is 15.3. The largest absolute Gasteiger partial charge is 0.462 e. The van der Waals surface area contributed by atoms with Crippen molar-refractivity contribution in [1.29, 1.82) is 0 Å². The molecule has 2 aromatic carbocycles. The Balaban J connectivity index is 1.57. The number of pyridine rings is 1. The molecule has 0 radical (unpaired) electrons. The average Bonchev–Trinajstić information content (AvgIpc) is 3.41. The Hall–Kier alpha value is -3.94. The van der Waals surface area contributed by atoms with Crippen LogP contribution in [0, 0.1) is 5.82 Å². The molecular weight excluding hydrogens is 411 g/mol. The van der Waals surface area contributed by atoms with Crippen molar-refractivity contribution in [3.63, 3.8) is 0 Å². The highest BCUT2D eigenvalue weighted by Crippen LogP contribution is 2.53. The van der Waals surface area contributed by atoms with Crippen LogP contribution in [0.15, 0.2) is 59.9 Å². The molecule has 160 valence electrons. The van der Waals surface area contributed by atoms with Crippen LogP contribution >= 0.6 is 0 Å². The lowest BCUT2D eigenvalue weighted by atomic mass is 9.80. The quantitative estimate of drug-likeness (QED) is 0.670. The van der Waals surface area contributed by atoms with Crippen molar-refractivity contribution in [3.05, 3.63) is 71.8 Å². The molecule has 1 atom stereocenters. The predicted molar refractivity (Wildman–Crippen MR) is 116 cm³/mol. The Morgan fingerprint density at radius 2 is 2.03 bits per heavy atom. The molecule has 7 nitrogen and oxygen atoms in total. The lowest BCUT2D eigenvalue weighted by molar-refractivity contribution is -0.117. The number of hydrogen-bond donors (Lipinski definition) is 1. The Morgan fingerprint density at radius 3 is 2.75 bits per heavy atom. The highest BCUT2D eigenvalue weighted by molar-refractivity contribution is 5.95. The minimum Gasteiger partial charge on any atom is -0.462 e. The van der Waals surface area contributed by atoms with Crippen LogP contribution in [0.25, 0.3) is 11.1 Å². The normalized spacial score (nSPS) is 21.1. The standard InChI is InChI=1S/C24H19FN4O3/c25-19-11-16(29-8-2-4-21(29)30)10-18-22(19)32-20-6-5-14(15-3-1-7-27-12-15)9-17(20)24(18)13-31-23(26)28-24/h1,3,5-7,9-12H,2,4,8,13H2,(H2,26,28)/t24-/m0/s1. The van der Waals surface area contributed by atoms with E-state index in [1.54, 1.807) is 29.4 Å². The van der Waals surface area contributed by atoms with Crippen molar-refractivity contribution in [2.75, 3.05) is 18.1 Å². The lowest BCUT2D eigenvalue weighted by Crippen LogP contribution is -2.32. The van der Waals surface area contributed by atoms with Crippen LogP contribution in [0.5, 0.6) is 11.5 Å². The van der Waals surface area contributed by atoms with Gasteiger partial charge in [-0.3, -0.25) is 9.78 Å². The second-order valence-electron chi connectivity index (χ2n) is 8.11. The summed E-state index contributed by atoms with van der Waals surface area (Å²) >= 11 is 0. The van der Waals surface area contributed by atoms with Crippen molar-refractivity contribution in [2.45, 2.75) is 18.4 Å². The van der Waals surface area contributed by atoms with Crippen LogP contribution in [0.2, 0.25) is 0 Å². The number of benzene rings is 2. The molecule has 1 saturated heterocycles. The topological polar surface area (TPSA) is 90.0 Å². The molecule has 0 unspecified atom stereocenters. The average molecular weight is 430 g/mol. The van der Waals surface area contributed by atoms with E-state index in [0.29, 0.717) is 30.0 Å². The van der Waals surface area contributed by atoms with Crippen LogP contribution in [-0.4, -0.2) is 30.1 Å². The first-order valence-corrected chi connectivity index (χ1v) is 10.4. The summed E-state index contributed by atoms with van der Waals surface area (Å²) in [6, 6.07) is 12.6. The van der Waals surface area contributed by atoms with Crippen LogP contribution in [0.4, 0.5) is 10.1 Å². The number of nitrogens with zero attached hydrogens (tertiary/aromatic N) is 3. The second kappa shape index (κ2) is 6.78. The first-order valence-electron chi connectivity index (χ1n) is 10.4. The van der Waals surface area contributed by atoms with E-state index in [-0.39, 0.29) is 24.3 Å². The first-order chi connectivity index (χ1) is 15.5. The summed E-state index contributed by atoms with van der Waals surface area (Å²) in [6.07, 6.45) is 4.67. The van der Waals surface area contributed by atoms with Crippen molar-refractivity contribution in [1.82, 2.24) is 4.98 Å². The summed E-state index contributed by atoms with van der Waals surface area (Å²) in [6.45, 7) is 0.657. The van der Waals surface area contributed by atoms with Crippen LogP contribution in [0.3, 0.4) is 0 Å². The number of hydrogen-bond acceptors (Lipinski definition) is 6. The van der Waals surface area contributed by atoms with E-state index < -0.39 is 11.4 Å². The molecule has 6 rings (SSSR count). The molecule has 32 heavy (non-hydrogen) atoms. The predicted octanol–water partition coefficient (Wildman–Crippen LogP) is 3.71. The fraction of sp³-hybridized carbons (Fsp3) is 0.208. The van der Waals surface area contributed by atoms with Gasteiger partial charge in [0.2, 0.25) is 5.91 Å². The van der Waals surface area contributed by atoms with E-state index in [0.717, 1.165) is 23.1 Å². The third kappa shape index (κ3) is 2.69. The molecule has 3 aliphatic rings. The summed E-state index contributed by atoms with van der Waals surface area (Å²) in [4.78, 5) is 22.7. The first kappa shape index (κ1) is 18.8. The fourth-order valence-electron chi connectivity index (χ4n) is 4.68. The monoisotopic (exact) mass is 430 g/mol. The van der Waals surface area contributed by atoms with Gasteiger partial charge in [0.1, 0.15) is 12.4 Å². The maximum absolute atomic E-state index is 15.3. The molecule has 3 aromatic rings. The number of ether oxygens (including phenoxy) is 2. The van der Waals surface area contributed by atoms with Crippen LogP contribution in [0.1, 0.15) is 24.0 Å². The van der Waals surface area contributed by atoms with Gasteiger partial charge >= 0.3 is 0 Å². The number of amides is 1. The van der Waals surface area contributed by atoms with E-state index >= 15 is 4.39 Å². The summed E-state index contributed by atoms with van der Waals surface area (Å²) < 4.78 is 26.9. The third-order valence-corrected chi connectivity index (χ3v) is 6.22. The minimum atomic E-state index is -1.08. The van der Waals surface area contributed by atoms with Gasteiger partial charge in [-0.15, -0.1) is 0 Å². The molecule has 1 amide bonds. The minimum absolute atomic E-state index is 0.0265. The van der Waals surface area contributed by atoms with Gasteiger partial charge in [0.05, 0.1) is 0 Å². The highest BCUT2D eigenvalue weighted by Gasteiger charge is 2.48. The second-order valence-corrected chi connectivity index (χ2v) is 8.11. The van der Waals surface area contributed by atoms with Gasteiger partial charge in [-0.1, -0.05) is 12.1 Å². The molecule has 4 heterocycles. The molecule has 8 heteroatoms. The number of aromatic nitrogens is 1. The van der Waals surface area contributed by atoms with Gasteiger partial charge in [-0.05, 0) is 36.2 Å². The molecule has 0 saturated carbocycles. The summed E-state index contributed by atoms with van der Waals surface area (Å²) in [7, 11) is 0. The zero-order valence-electron chi connectivity index (χ0n) is 17.0. The number of carbonyl (C=O) groups is 1. The number of carbonyl (C=O) groups excluding carboxylic acids is 1. The SMILES string of the molecule is NC1=N[C@@]2(CO1)c1cc(-c3cccnc3)ccc1Oc1c(F)cc(N3CCCC3=O)cc12. The molecule has 1 spiro atoms. The van der Waals surface area contributed by atoms with Crippen LogP contribution in [-0.2, 0) is 15.1 Å².